The zero-order valence-electron chi connectivity index (χ0n) is 9.10. The molecule has 0 saturated heterocycles. The number of rotatable bonds is 1. The molecule has 0 spiro atoms. The normalized spacial score (nSPS) is 19.8. The van der Waals surface area contributed by atoms with Gasteiger partial charge in [0.1, 0.15) is 0 Å². The van der Waals surface area contributed by atoms with Crippen LogP contribution in [0, 0.1) is 0 Å². The molecule has 16 heavy (non-hydrogen) atoms. The van der Waals surface area contributed by atoms with E-state index in [2.05, 4.69) is 4.74 Å². The van der Waals surface area contributed by atoms with Gasteiger partial charge in [-0.3, -0.25) is 0 Å². The Labute approximate surface area is 98.8 Å². The van der Waals surface area contributed by atoms with Gasteiger partial charge in [-0.25, -0.2) is 4.79 Å². The van der Waals surface area contributed by atoms with Gasteiger partial charge in [-0.2, -0.15) is 0 Å². The van der Waals surface area contributed by atoms with Gasteiger partial charge in [0, 0.05) is 4.90 Å². The Balaban J connectivity index is 2.37. The highest BCUT2D eigenvalue weighted by Gasteiger charge is 2.18. The summed E-state index contributed by atoms with van der Waals surface area (Å²) in [4.78, 5) is 12.4. The second kappa shape index (κ2) is 4.89. The smallest absolute Gasteiger partial charge is 0.337 e. The van der Waals surface area contributed by atoms with E-state index in [1.165, 1.54) is 7.11 Å². The molecule has 1 aliphatic rings. The van der Waals surface area contributed by atoms with Gasteiger partial charge in [0.15, 0.2) is 0 Å². The van der Waals surface area contributed by atoms with E-state index in [4.69, 9.17) is 0 Å². The number of carbonyl (C=O) groups is 1. The van der Waals surface area contributed by atoms with E-state index >= 15 is 0 Å². The van der Waals surface area contributed by atoms with Crippen molar-refractivity contribution in [2.45, 2.75) is 23.8 Å². The van der Waals surface area contributed by atoms with E-state index in [0.717, 1.165) is 29.1 Å². The van der Waals surface area contributed by atoms with Crippen molar-refractivity contribution in [3.8, 4) is 0 Å². The Morgan fingerprint density at radius 1 is 1.56 bits per heavy atom. The average molecular weight is 238 g/mol. The number of benzene rings is 1. The minimum atomic E-state index is -0.406. The lowest BCUT2D eigenvalue weighted by atomic mass is 10.0. The van der Waals surface area contributed by atoms with Crippen LogP contribution in [0.15, 0.2) is 23.1 Å². The minimum Gasteiger partial charge on any atom is -0.465 e. The molecule has 1 aliphatic heterocycles. The maximum Gasteiger partial charge on any atom is 0.337 e. The molecule has 0 saturated carbocycles. The first kappa shape index (κ1) is 11.5. The summed E-state index contributed by atoms with van der Waals surface area (Å²) in [5.74, 6) is 0.649. The molecular weight excluding hydrogens is 224 g/mol. The number of ether oxygens (including phenoxy) is 1. The fourth-order valence-corrected chi connectivity index (χ4v) is 2.91. The summed E-state index contributed by atoms with van der Waals surface area (Å²) in [5, 5.41) is 9.90. The van der Waals surface area contributed by atoms with Crippen LogP contribution >= 0.6 is 11.8 Å². The molecule has 0 bridgehead atoms. The second-order valence-corrected chi connectivity index (χ2v) is 4.89. The third kappa shape index (κ3) is 2.23. The molecule has 2 rings (SSSR count). The van der Waals surface area contributed by atoms with Gasteiger partial charge in [-0.1, -0.05) is 6.07 Å². The van der Waals surface area contributed by atoms with Crippen molar-refractivity contribution in [1.82, 2.24) is 0 Å². The van der Waals surface area contributed by atoms with E-state index in [9.17, 15) is 9.90 Å². The predicted molar refractivity (Wildman–Crippen MR) is 62.7 cm³/mol. The molecule has 0 radical (unpaired) electrons. The molecule has 0 amide bonds. The van der Waals surface area contributed by atoms with Crippen LogP contribution in [0.5, 0.6) is 0 Å². The summed E-state index contributed by atoms with van der Waals surface area (Å²) in [5.41, 5.74) is 1.47. The van der Waals surface area contributed by atoms with Crippen LogP contribution in [-0.2, 0) is 4.74 Å². The van der Waals surface area contributed by atoms with Crippen LogP contribution in [0.4, 0.5) is 0 Å². The lowest BCUT2D eigenvalue weighted by Crippen LogP contribution is -2.03. The molecule has 86 valence electrons. The average Bonchev–Trinajstić information content (AvgIpc) is 2.50. The number of carbonyl (C=O) groups excluding carboxylic acids is 1. The Hall–Kier alpha value is -1.00. The van der Waals surface area contributed by atoms with Gasteiger partial charge in [0.2, 0.25) is 0 Å². The van der Waals surface area contributed by atoms with Crippen LogP contribution in [0.2, 0.25) is 0 Å². The van der Waals surface area contributed by atoms with Gasteiger partial charge in [0.05, 0.1) is 18.8 Å². The number of hydrogen-bond acceptors (Lipinski definition) is 4. The maximum absolute atomic E-state index is 11.4. The zero-order valence-corrected chi connectivity index (χ0v) is 9.92. The maximum atomic E-state index is 11.4. The first-order valence-corrected chi connectivity index (χ1v) is 6.24. The highest BCUT2D eigenvalue weighted by molar-refractivity contribution is 7.99. The van der Waals surface area contributed by atoms with Crippen molar-refractivity contribution in [2.24, 2.45) is 0 Å². The van der Waals surface area contributed by atoms with E-state index in [1.54, 1.807) is 23.9 Å². The largest absolute Gasteiger partial charge is 0.465 e. The van der Waals surface area contributed by atoms with Crippen LogP contribution in [0.1, 0.15) is 34.9 Å². The van der Waals surface area contributed by atoms with Crippen LogP contribution in [0.25, 0.3) is 0 Å². The van der Waals surface area contributed by atoms with E-state index in [0.29, 0.717) is 5.56 Å². The summed E-state index contributed by atoms with van der Waals surface area (Å²) in [6, 6.07) is 5.34. The summed E-state index contributed by atoms with van der Waals surface area (Å²) < 4.78 is 4.67. The SMILES string of the molecule is COC(=O)c1ccc2c(c1)SCCCC2O. The summed E-state index contributed by atoms with van der Waals surface area (Å²) in [6.45, 7) is 0. The third-order valence-electron chi connectivity index (χ3n) is 2.67. The highest BCUT2D eigenvalue weighted by Crippen LogP contribution is 2.35. The number of esters is 1. The van der Waals surface area contributed by atoms with Crippen LogP contribution in [-0.4, -0.2) is 23.9 Å². The lowest BCUT2D eigenvalue weighted by Gasteiger charge is -2.11. The molecular formula is C12H14O3S. The van der Waals surface area contributed by atoms with E-state index in [1.807, 2.05) is 6.07 Å². The number of thioether (sulfide) groups is 1. The lowest BCUT2D eigenvalue weighted by molar-refractivity contribution is 0.0600. The monoisotopic (exact) mass is 238 g/mol. The Morgan fingerprint density at radius 3 is 3.12 bits per heavy atom. The standard InChI is InChI=1S/C12H14O3S/c1-15-12(14)8-4-5-9-10(13)3-2-6-16-11(9)7-8/h4-5,7,10,13H,2-3,6H2,1H3. The van der Waals surface area contributed by atoms with Gasteiger partial charge in [-0.05, 0) is 36.3 Å². The van der Waals surface area contributed by atoms with Crippen molar-refractivity contribution in [3.05, 3.63) is 29.3 Å². The van der Waals surface area contributed by atoms with Crippen molar-refractivity contribution >= 4 is 17.7 Å². The van der Waals surface area contributed by atoms with Crippen molar-refractivity contribution < 1.29 is 14.6 Å². The molecule has 4 heteroatoms. The second-order valence-electron chi connectivity index (χ2n) is 3.75. The number of methoxy groups -OCH3 is 1. The van der Waals surface area contributed by atoms with E-state index < -0.39 is 6.10 Å². The molecule has 1 heterocycles. The van der Waals surface area contributed by atoms with Crippen LogP contribution in [0.3, 0.4) is 0 Å². The van der Waals surface area contributed by atoms with E-state index in [-0.39, 0.29) is 5.97 Å². The van der Waals surface area contributed by atoms with Crippen molar-refractivity contribution in [3.63, 3.8) is 0 Å². The number of aliphatic hydroxyl groups excluding tert-OH is 1. The summed E-state index contributed by atoms with van der Waals surface area (Å²) in [7, 11) is 1.37. The molecule has 0 aliphatic carbocycles. The van der Waals surface area contributed by atoms with Crippen molar-refractivity contribution in [2.75, 3.05) is 12.9 Å². The fraction of sp³-hybridized carbons (Fsp3) is 0.417. The topological polar surface area (TPSA) is 46.5 Å². The molecule has 1 aromatic carbocycles. The molecule has 0 aromatic heterocycles. The number of hydrogen-bond donors (Lipinski definition) is 1. The Kier molecular flexibility index (Phi) is 3.51. The summed E-state index contributed by atoms with van der Waals surface area (Å²) in [6.07, 6.45) is 1.38. The quantitative estimate of drug-likeness (QED) is 0.763. The Morgan fingerprint density at radius 2 is 2.38 bits per heavy atom. The molecule has 1 atom stereocenters. The number of aliphatic hydroxyl groups is 1. The minimum absolute atomic E-state index is 0.331. The van der Waals surface area contributed by atoms with Crippen LogP contribution < -0.4 is 0 Å². The highest BCUT2D eigenvalue weighted by atomic mass is 32.2. The molecule has 0 fully saturated rings. The summed E-state index contributed by atoms with van der Waals surface area (Å²) >= 11 is 1.69. The zero-order chi connectivity index (χ0) is 11.5. The predicted octanol–water partition coefficient (Wildman–Crippen LogP) is 2.39. The first-order chi connectivity index (χ1) is 7.72. The molecule has 1 unspecified atom stereocenters. The number of fused-ring (bicyclic) bond motifs is 1. The fourth-order valence-electron chi connectivity index (χ4n) is 1.79. The van der Waals surface area contributed by atoms with Gasteiger partial charge >= 0.3 is 5.97 Å². The molecule has 1 N–H and O–H groups in total. The van der Waals surface area contributed by atoms with Crippen molar-refractivity contribution in [1.29, 1.82) is 0 Å². The molecule has 1 aromatic rings. The first-order valence-electron chi connectivity index (χ1n) is 5.25. The molecule has 3 nitrogen and oxygen atoms in total. The Bertz CT molecular complexity index is 403. The third-order valence-corrected chi connectivity index (χ3v) is 3.83. The van der Waals surface area contributed by atoms with Gasteiger partial charge in [-0.15, -0.1) is 11.8 Å². The van der Waals surface area contributed by atoms with Gasteiger partial charge in [0.25, 0.3) is 0 Å². The van der Waals surface area contributed by atoms with Gasteiger partial charge < -0.3 is 9.84 Å².